The molecule has 1 N–H and O–H groups in total. The smallest absolute Gasteiger partial charge is 0.290 e. The normalized spacial score (nSPS) is 25.3. The Hall–Kier alpha value is -1.36. The van der Waals surface area contributed by atoms with Gasteiger partial charge in [-0.3, -0.25) is 4.79 Å². The molecule has 24 heavy (non-hydrogen) atoms. The molecule has 2 fully saturated rings. The molecule has 1 saturated heterocycles. The SMILES string of the molecule is CCC(CC)c1cc(C(=O)N[C@@H]2CC[C@@H](N3CCCCC3)C2)on1. The summed E-state index contributed by atoms with van der Waals surface area (Å²) in [4.78, 5) is 15.1. The van der Waals surface area contributed by atoms with Gasteiger partial charge in [-0.2, -0.15) is 0 Å². The van der Waals surface area contributed by atoms with Crippen LogP contribution in [0.4, 0.5) is 0 Å². The molecule has 2 aliphatic rings. The quantitative estimate of drug-likeness (QED) is 0.862. The first kappa shape index (κ1) is 17.5. The molecule has 1 aliphatic carbocycles. The molecule has 1 saturated carbocycles. The van der Waals surface area contributed by atoms with E-state index in [9.17, 15) is 4.79 Å². The molecule has 0 bridgehead atoms. The molecule has 1 aliphatic heterocycles. The fraction of sp³-hybridized carbons (Fsp3) is 0.789. The van der Waals surface area contributed by atoms with E-state index >= 15 is 0 Å². The molecular formula is C19H31N3O2. The Balaban J connectivity index is 1.52. The van der Waals surface area contributed by atoms with Gasteiger partial charge in [-0.25, -0.2) is 0 Å². The van der Waals surface area contributed by atoms with Crippen molar-refractivity contribution in [2.45, 2.75) is 83.2 Å². The summed E-state index contributed by atoms with van der Waals surface area (Å²) < 4.78 is 5.29. The Kier molecular flexibility index (Phi) is 5.93. The van der Waals surface area contributed by atoms with Gasteiger partial charge in [-0.05, 0) is 58.0 Å². The van der Waals surface area contributed by atoms with Gasteiger partial charge in [-0.1, -0.05) is 25.4 Å². The van der Waals surface area contributed by atoms with Gasteiger partial charge in [0, 0.05) is 24.1 Å². The Bertz CT molecular complexity index is 532. The number of likely N-dealkylation sites (tertiary alicyclic amines) is 1. The number of piperidine rings is 1. The highest BCUT2D eigenvalue weighted by Crippen LogP contribution is 2.27. The molecule has 5 heteroatoms. The van der Waals surface area contributed by atoms with E-state index in [0.717, 1.165) is 31.4 Å². The van der Waals surface area contributed by atoms with Crippen molar-refractivity contribution in [3.63, 3.8) is 0 Å². The van der Waals surface area contributed by atoms with Crippen molar-refractivity contribution in [3.05, 3.63) is 17.5 Å². The molecule has 134 valence electrons. The highest BCUT2D eigenvalue weighted by molar-refractivity contribution is 5.91. The van der Waals surface area contributed by atoms with Crippen LogP contribution in [0.3, 0.4) is 0 Å². The first-order valence-electron chi connectivity index (χ1n) is 9.72. The molecule has 1 aromatic rings. The monoisotopic (exact) mass is 333 g/mol. The zero-order chi connectivity index (χ0) is 16.9. The van der Waals surface area contributed by atoms with Crippen molar-refractivity contribution in [1.29, 1.82) is 0 Å². The minimum absolute atomic E-state index is 0.107. The van der Waals surface area contributed by atoms with Crippen LogP contribution in [0.5, 0.6) is 0 Å². The lowest BCUT2D eigenvalue weighted by molar-refractivity contribution is 0.0897. The van der Waals surface area contributed by atoms with Crippen LogP contribution in [0.2, 0.25) is 0 Å². The van der Waals surface area contributed by atoms with Gasteiger partial charge < -0.3 is 14.7 Å². The van der Waals surface area contributed by atoms with Gasteiger partial charge in [0.15, 0.2) is 0 Å². The molecule has 2 heterocycles. The number of carbonyl (C=O) groups excluding carboxylic acids is 1. The van der Waals surface area contributed by atoms with E-state index in [2.05, 4.69) is 29.2 Å². The number of nitrogens with one attached hydrogen (secondary N) is 1. The number of amides is 1. The average molecular weight is 333 g/mol. The predicted molar refractivity (Wildman–Crippen MR) is 94.1 cm³/mol. The van der Waals surface area contributed by atoms with Gasteiger partial charge >= 0.3 is 0 Å². The maximum Gasteiger partial charge on any atom is 0.290 e. The number of hydrogen-bond acceptors (Lipinski definition) is 4. The standard InChI is InChI=1S/C19H31N3O2/c1-3-14(4-2)17-13-18(24-21-17)19(23)20-15-8-9-16(12-15)22-10-6-5-7-11-22/h13-16H,3-12H2,1-2H3,(H,20,23)/t15-,16-/m1/s1. The van der Waals surface area contributed by atoms with Gasteiger partial charge in [0.25, 0.3) is 5.91 Å². The Morgan fingerprint density at radius 2 is 2.04 bits per heavy atom. The van der Waals surface area contributed by atoms with Crippen LogP contribution in [0.25, 0.3) is 0 Å². The fourth-order valence-corrected chi connectivity index (χ4v) is 4.26. The molecule has 1 amide bonds. The van der Waals surface area contributed by atoms with E-state index < -0.39 is 0 Å². The summed E-state index contributed by atoms with van der Waals surface area (Å²) in [5.74, 6) is 0.632. The Labute approximate surface area is 145 Å². The largest absolute Gasteiger partial charge is 0.351 e. The van der Waals surface area contributed by atoms with Crippen molar-refractivity contribution < 1.29 is 9.32 Å². The molecule has 3 rings (SSSR count). The highest BCUT2D eigenvalue weighted by Gasteiger charge is 2.31. The topological polar surface area (TPSA) is 58.4 Å². The van der Waals surface area contributed by atoms with E-state index in [0.29, 0.717) is 17.7 Å². The van der Waals surface area contributed by atoms with Crippen molar-refractivity contribution in [2.75, 3.05) is 13.1 Å². The van der Waals surface area contributed by atoms with Crippen LogP contribution in [-0.4, -0.2) is 41.1 Å². The second kappa shape index (κ2) is 8.15. The Morgan fingerprint density at radius 1 is 1.29 bits per heavy atom. The average Bonchev–Trinajstić information content (AvgIpc) is 3.27. The van der Waals surface area contributed by atoms with Crippen molar-refractivity contribution in [3.8, 4) is 0 Å². The van der Waals surface area contributed by atoms with E-state index in [1.165, 1.54) is 38.8 Å². The van der Waals surface area contributed by atoms with Crippen molar-refractivity contribution >= 4 is 5.91 Å². The van der Waals surface area contributed by atoms with Crippen LogP contribution in [0.1, 0.15) is 87.4 Å². The third-order valence-electron chi connectivity index (χ3n) is 5.80. The highest BCUT2D eigenvalue weighted by atomic mass is 16.5. The van der Waals surface area contributed by atoms with E-state index in [1.54, 1.807) is 0 Å². The summed E-state index contributed by atoms with van der Waals surface area (Å²) in [6, 6.07) is 2.74. The molecule has 2 atom stereocenters. The third kappa shape index (κ3) is 4.00. The first-order chi connectivity index (χ1) is 11.7. The number of carbonyl (C=O) groups is 1. The minimum Gasteiger partial charge on any atom is -0.351 e. The van der Waals surface area contributed by atoms with Crippen LogP contribution < -0.4 is 5.32 Å². The van der Waals surface area contributed by atoms with Crippen LogP contribution in [0, 0.1) is 0 Å². The van der Waals surface area contributed by atoms with Crippen LogP contribution >= 0.6 is 0 Å². The second-order valence-corrected chi connectivity index (χ2v) is 7.36. The molecule has 0 radical (unpaired) electrons. The molecule has 0 aromatic carbocycles. The first-order valence-corrected chi connectivity index (χ1v) is 9.72. The second-order valence-electron chi connectivity index (χ2n) is 7.36. The van der Waals surface area contributed by atoms with Crippen molar-refractivity contribution in [1.82, 2.24) is 15.4 Å². The minimum atomic E-state index is -0.107. The van der Waals surface area contributed by atoms with Crippen molar-refractivity contribution in [2.24, 2.45) is 0 Å². The van der Waals surface area contributed by atoms with E-state index in [4.69, 9.17) is 4.52 Å². The van der Waals surface area contributed by atoms with Crippen LogP contribution in [-0.2, 0) is 0 Å². The number of hydrogen-bond donors (Lipinski definition) is 1. The number of nitrogens with zero attached hydrogens (tertiary/aromatic N) is 2. The lowest BCUT2D eigenvalue weighted by Crippen LogP contribution is -2.39. The zero-order valence-corrected chi connectivity index (χ0v) is 15.1. The summed E-state index contributed by atoms with van der Waals surface area (Å²) in [5, 5.41) is 7.25. The molecule has 1 aromatic heterocycles. The Morgan fingerprint density at radius 3 is 2.75 bits per heavy atom. The number of rotatable bonds is 6. The lowest BCUT2D eigenvalue weighted by Gasteiger charge is -2.32. The summed E-state index contributed by atoms with van der Waals surface area (Å²) >= 11 is 0. The maximum absolute atomic E-state index is 12.4. The lowest BCUT2D eigenvalue weighted by atomic mass is 9.99. The maximum atomic E-state index is 12.4. The van der Waals surface area contributed by atoms with Gasteiger partial charge in [0.1, 0.15) is 0 Å². The summed E-state index contributed by atoms with van der Waals surface area (Å²) in [6.45, 7) is 6.74. The van der Waals surface area contributed by atoms with Gasteiger partial charge in [0.2, 0.25) is 5.76 Å². The van der Waals surface area contributed by atoms with E-state index in [-0.39, 0.29) is 11.9 Å². The molecule has 0 unspecified atom stereocenters. The summed E-state index contributed by atoms with van der Waals surface area (Å²) in [7, 11) is 0. The molecule has 0 spiro atoms. The summed E-state index contributed by atoms with van der Waals surface area (Å²) in [6.07, 6.45) is 9.39. The summed E-state index contributed by atoms with van der Waals surface area (Å²) in [5.41, 5.74) is 0.905. The van der Waals surface area contributed by atoms with Crippen LogP contribution in [0.15, 0.2) is 10.6 Å². The fourth-order valence-electron chi connectivity index (χ4n) is 4.26. The number of aromatic nitrogens is 1. The third-order valence-corrected chi connectivity index (χ3v) is 5.80. The zero-order valence-electron chi connectivity index (χ0n) is 15.1. The predicted octanol–water partition coefficient (Wildman–Crippen LogP) is 3.72. The van der Waals surface area contributed by atoms with Gasteiger partial charge in [0.05, 0.1) is 5.69 Å². The van der Waals surface area contributed by atoms with Gasteiger partial charge in [-0.15, -0.1) is 0 Å². The van der Waals surface area contributed by atoms with E-state index in [1.807, 2.05) is 6.07 Å². The molecular weight excluding hydrogens is 302 g/mol. The molecule has 5 nitrogen and oxygen atoms in total.